The van der Waals surface area contributed by atoms with Gasteiger partial charge in [-0.1, -0.05) is 0 Å². The third-order valence-electron chi connectivity index (χ3n) is 3.83. The molecule has 22 heavy (non-hydrogen) atoms. The Balaban J connectivity index is 1.78. The highest BCUT2D eigenvalue weighted by atomic mass is 19.2. The van der Waals surface area contributed by atoms with Crippen molar-refractivity contribution in [2.75, 3.05) is 13.2 Å². The maximum Gasteiger partial charge on any atom is 0.353 e. The van der Waals surface area contributed by atoms with E-state index in [9.17, 15) is 19.4 Å². The minimum atomic E-state index is -2.83. The third-order valence-corrected chi connectivity index (χ3v) is 3.83. The van der Waals surface area contributed by atoms with E-state index in [1.807, 2.05) is 0 Å². The maximum atomic E-state index is 14.0. The van der Waals surface area contributed by atoms with Gasteiger partial charge in [-0.05, 0) is 18.8 Å². The molecule has 9 heteroatoms. The fourth-order valence-corrected chi connectivity index (χ4v) is 2.26. The Kier molecular flexibility index (Phi) is 3.89. The van der Waals surface area contributed by atoms with E-state index in [-0.39, 0.29) is 5.88 Å². The van der Waals surface area contributed by atoms with Crippen molar-refractivity contribution in [1.82, 2.24) is 9.55 Å². The van der Waals surface area contributed by atoms with Crippen molar-refractivity contribution >= 4 is 0 Å². The van der Waals surface area contributed by atoms with Crippen LogP contribution in [0.2, 0.25) is 0 Å². The summed E-state index contributed by atoms with van der Waals surface area (Å²) >= 11 is 0. The van der Waals surface area contributed by atoms with Crippen LogP contribution in [0.25, 0.3) is 0 Å². The molecule has 2 aliphatic rings. The molecule has 1 aliphatic heterocycles. The van der Waals surface area contributed by atoms with Crippen LogP contribution in [0.3, 0.4) is 0 Å². The van der Waals surface area contributed by atoms with Gasteiger partial charge in [0.25, 0.3) is 5.85 Å². The van der Waals surface area contributed by atoms with Crippen LogP contribution < -0.4 is 10.4 Å². The van der Waals surface area contributed by atoms with Crippen molar-refractivity contribution in [1.29, 1.82) is 0 Å². The highest BCUT2D eigenvalue weighted by Crippen LogP contribution is 2.37. The summed E-state index contributed by atoms with van der Waals surface area (Å²) in [5.41, 5.74) is -0.813. The lowest BCUT2D eigenvalue weighted by atomic mass is 10.1. The monoisotopic (exact) mass is 316 g/mol. The van der Waals surface area contributed by atoms with Crippen LogP contribution >= 0.6 is 0 Å². The largest absolute Gasteiger partial charge is 0.477 e. The van der Waals surface area contributed by atoms with E-state index in [2.05, 4.69) is 4.98 Å². The predicted octanol–water partition coefficient (Wildman–Crippen LogP) is -1.06. The number of halogens is 1. The van der Waals surface area contributed by atoms with Crippen molar-refractivity contribution in [3.8, 4) is 5.88 Å². The number of nitrogens with zero attached hydrogens (tertiary/aromatic N) is 2. The molecule has 0 spiro atoms. The summed E-state index contributed by atoms with van der Waals surface area (Å²) in [7, 11) is 0. The number of aromatic nitrogens is 2. The molecule has 2 heterocycles. The van der Waals surface area contributed by atoms with Crippen molar-refractivity contribution in [2.45, 2.75) is 37.1 Å². The molecule has 0 unspecified atom stereocenters. The molecule has 1 aromatic rings. The number of aliphatic hydroxyl groups excluding tert-OH is 3. The van der Waals surface area contributed by atoms with Crippen LogP contribution in [0.15, 0.2) is 17.1 Å². The molecule has 1 aromatic heterocycles. The minimum Gasteiger partial charge on any atom is -0.477 e. The first-order chi connectivity index (χ1) is 10.4. The second kappa shape index (κ2) is 5.58. The van der Waals surface area contributed by atoms with E-state index >= 15 is 0 Å². The van der Waals surface area contributed by atoms with Crippen molar-refractivity contribution in [3.63, 3.8) is 0 Å². The highest BCUT2D eigenvalue weighted by Gasteiger charge is 2.55. The summed E-state index contributed by atoms with van der Waals surface area (Å²) in [6.45, 7) is -0.664. The van der Waals surface area contributed by atoms with Crippen molar-refractivity contribution in [2.24, 2.45) is 5.92 Å². The summed E-state index contributed by atoms with van der Waals surface area (Å²) in [6.07, 6.45) is -1.74. The zero-order valence-electron chi connectivity index (χ0n) is 11.6. The number of rotatable bonds is 5. The molecule has 8 nitrogen and oxygen atoms in total. The Morgan fingerprint density at radius 2 is 2.23 bits per heavy atom. The number of alkyl halides is 1. The molecular formula is C13H17FN2O6. The normalized spacial score (nSPS) is 34.8. The number of hydrogen-bond donors (Lipinski definition) is 3. The average molecular weight is 316 g/mol. The molecule has 0 amide bonds. The molecular weight excluding hydrogens is 299 g/mol. The summed E-state index contributed by atoms with van der Waals surface area (Å²) in [5, 5.41) is 28.3. The molecule has 4 atom stereocenters. The van der Waals surface area contributed by atoms with E-state index in [1.165, 1.54) is 12.3 Å². The minimum absolute atomic E-state index is 0.134. The average Bonchev–Trinajstić information content (AvgIpc) is 3.30. The Bertz CT molecular complexity index is 606. The van der Waals surface area contributed by atoms with Crippen LogP contribution in [-0.4, -0.2) is 56.1 Å². The molecule has 0 aromatic carbocycles. The number of aliphatic hydroxyl groups is 3. The van der Waals surface area contributed by atoms with Crippen LogP contribution in [0.5, 0.6) is 5.88 Å². The van der Waals surface area contributed by atoms with Crippen LogP contribution in [-0.2, 0) is 4.74 Å². The van der Waals surface area contributed by atoms with E-state index in [0.717, 1.165) is 17.4 Å². The molecule has 1 aliphatic carbocycles. The Morgan fingerprint density at radius 1 is 1.50 bits per heavy atom. The van der Waals surface area contributed by atoms with Gasteiger partial charge in [-0.2, -0.15) is 4.98 Å². The first kappa shape index (κ1) is 15.3. The molecule has 3 rings (SSSR count). The lowest BCUT2D eigenvalue weighted by Crippen LogP contribution is -2.42. The van der Waals surface area contributed by atoms with Gasteiger partial charge in [0.2, 0.25) is 5.88 Å². The van der Waals surface area contributed by atoms with Gasteiger partial charge in [-0.15, -0.1) is 0 Å². The third kappa shape index (κ3) is 2.72. The Labute approximate surface area is 124 Å². The molecule has 1 saturated carbocycles. The molecule has 3 N–H and O–H groups in total. The number of ether oxygens (including phenoxy) is 2. The molecule has 1 saturated heterocycles. The smallest absolute Gasteiger partial charge is 0.353 e. The van der Waals surface area contributed by atoms with Crippen LogP contribution in [0, 0.1) is 5.92 Å². The van der Waals surface area contributed by atoms with Gasteiger partial charge in [0.15, 0.2) is 6.23 Å². The van der Waals surface area contributed by atoms with Gasteiger partial charge in [0.05, 0.1) is 6.61 Å². The summed E-state index contributed by atoms with van der Waals surface area (Å²) in [4.78, 5) is 15.6. The molecule has 2 fully saturated rings. The van der Waals surface area contributed by atoms with E-state index in [4.69, 9.17) is 14.6 Å². The SMILES string of the molecule is O=c1nc(OCC2CC2)ccn1[C@@H]1O[C@](F)(CO)[C@@H](O)[C@H]1O. The zero-order valence-corrected chi connectivity index (χ0v) is 11.6. The highest BCUT2D eigenvalue weighted by molar-refractivity contribution is 5.07. The molecule has 0 bridgehead atoms. The quantitative estimate of drug-likeness (QED) is 0.634. The van der Waals surface area contributed by atoms with Gasteiger partial charge < -0.3 is 24.8 Å². The Hall–Kier alpha value is -1.55. The Morgan fingerprint density at radius 3 is 2.77 bits per heavy atom. The second-order valence-electron chi connectivity index (χ2n) is 5.60. The maximum absolute atomic E-state index is 14.0. The van der Waals surface area contributed by atoms with Crippen LogP contribution in [0.4, 0.5) is 4.39 Å². The molecule has 122 valence electrons. The van der Waals surface area contributed by atoms with Gasteiger partial charge in [-0.3, -0.25) is 4.57 Å². The van der Waals surface area contributed by atoms with Gasteiger partial charge >= 0.3 is 5.69 Å². The lowest BCUT2D eigenvalue weighted by Gasteiger charge is -2.19. The van der Waals surface area contributed by atoms with Crippen molar-refractivity contribution in [3.05, 3.63) is 22.7 Å². The second-order valence-corrected chi connectivity index (χ2v) is 5.60. The van der Waals surface area contributed by atoms with Crippen LogP contribution in [0.1, 0.15) is 19.1 Å². The van der Waals surface area contributed by atoms with E-state index < -0.39 is 36.6 Å². The van der Waals surface area contributed by atoms with E-state index in [1.54, 1.807) is 0 Å². The summed E-state index contributed by atoms with van der Waals surface area (Å²) in [5.74, 6) is -2.20. The standard InChI is InChI=1S/C13H17FN2O6/c14-13(6-17)10(19)9(18)11(22-13)16-4-3-8(15-12(16)20)21-5-7-1-2-7/h3-4,7,9-11,17-19H,1-2,5-6H2/t9-,10+,11-,13-/m1/s1. The fraction of sp³-hybridized carbons (Fsp3) is 0.692. The predicted molar refractivity (Wildman–Crippen MR) is 69.8 cm³/mol. The fourth-order valence-electron chi connectivity index (χ4n) is 2.26. The summed E-state index contributed by atoms with van der Waals surface area (Å²) in [6, 6.07) is 1.39. The first-order valence-corrected chi connectivity index (χ1v) is 7.00. The van der Waals surface area contributed by atoms with E-state index in [0.29, 0.717) is 12.5 Å². The first-order valence-electron chi connectivity index (χ1n) is 7.00. The van der Waals surface area contributed by atoms with Gasteiger partial charge in [0.1, 0.15) is 18.8 Å². The van der Waals surface area contributed by atoms with Gasteiger partial charge in [0, 0.05) is 12.3 Å². The molecule has 0 radical (unpaired) electrons. The number of hydrogen-bond acceptors (Lipinski definition) is 7. The van der Waals surface area contributed by atoms with Gasteiger partial charge in [-0.25, -0.2) is 9.18 Å². The lowest BCUT2D eigenvalue weighted by molar-refractivity contribution is -0.207. The zero-order chi connectivity index (χ0) is 15.9. The topological polar surface area (TPSA) is 114 Å². The van der Waals surface area contributed by atoms with Crippen molar-refractivity contribution < 1.29 is 29.2 Å². The summed E-state index contributed by atoms with van der Waals surface area (Å²) < 4.78 is 25.0.